The molecule has 0 aliphatic carbocycles. The Morgan fingerprint density at radius 1 is 1.35 bits per heavy atom. The highest BCUT2D eigenvalue weighted by atomic mass is 15.3. The average molecular weight is 314 g/mol. The van der Waals surface area contributed by atoms with E-state index >= 15 is 0 Å². The topological polar surface area (TPSA) is 58.9 Å². The van der Waals surface area contributed by atoms with Gasteiger partial charge in [-0.25, -0.2) is 0 Å². The molecule has 2 aromatic heterocycles. The molecule has 23 heavy (non-hydrogen) atoms. The lowest BCUT2D eigenvalue weighted by Crippen LogP contribution is -2.45. The van der Waals surface area contributed by atoms with Crippen molar-refractivity contribution >= 4 is 5.82 Å². The molecule has 124 valence electrons. The number of nitrogens with one attached hydrogen (secondary N) is 1. The normalized spacial score (nSPS) is 19.1. The molecule has 1 aliphatic heterocycles. The molecule has 6 nitrogen and oxygen atoms in total. The van der Waals surface area contributed by atoms with Crippen molar-refractivity contribution in [3.63, 3.8) is 0 Å². The summed E-state index contributed by atoms with van der Waals surface area (Å²) in [5.41, 5.74) is 1.27. The number of anilines is 1. The molecule has 1 aliphatic rings. The summed E-state index contributed by atoms with van der Waals surface area (Å²) in [7, 11) is 0. The van der Waals surface area contributed by atoms with E-state index in [1.807, 2.05) is 23.0 Å². The Bertz CT molecular complexity index is 616. The first-order chi connectivity index (χ1) is 11.0. The van der Waals surface area contributed by atoms with Crippen molar-refractivity contribution in [3.05, 3.63) is 36.3 Å². The minimum absolute atomic E-state index is 0.0336. The van der Waals surface area contributed by atoms with E-state index in [-0.39, 0.29) is 5.54 Å². The Morgan fingerprint density at radius 3 is 2.91 bits per heavy atom. The molecular weight excluding hydrogens is 288 g/mol. The predicted octanol–water partition coefficient (Wildman–Crippen LogP) is 2.19. The molecule has 1 saturated heterocycles. The summed E-state index contributed by atoms with van der Waals surface area (Å²) in [5, 5.41) is 16.3. The van der Waals surface area contributed by atoms with Crippen molar-refractivity contribution in [2.45, 2.75) is 51.7 Å². The number of piperidine rings is 1. The summed E-state index contributed by atoms with van der Waals surface area (Å²) in [6.07, 6.45) is 8.19. The van der Waals surface area contributed by atoms with E-state index in [1.54, 1.807) is 6.20 Å². The number of aromatic nitrogens is 4. The van der Waals surface area contributed by atoms with E-state index in [4.69, 9.17) is 0 Å². The molecule has 2 aromatic rings. The third-order valence-electron chi connectivity index (χ3n) is 4.22. The number of nitrogens with zero attached hydrogens (tertiary/aromatic N) is 5. The van der Waals surface area contributed by atoms with Crippen LogP contribution in [0.15, 0.2) is 30.7 Å². The molecule has 6 heteroatoms. The monoisotopic (exact) mass is 314 g/mol. The number of hydrogen-bond donors (Lipinski definition) is 1. The maximum atomic E-state index is 4.46. The van der Waals surface area contributed by atoms with Crippen LogP contribution in [0.2, 0.25) is 0 Å². The zero-order valence-electron chi connectivity index (χ0n) is 14.2. The standard InChI is InChI=1S/C17H26N6/c1-17(2,3)23-12-14(11-20-23)10-18-15-6-5-9-22(13-15)16-7-4-8-19-21-16/h4,7-8,11-12,15,18H,5-6,9-10,13H2,1-3H3/t15-/m0/s1. The van der Waals surface area contributed by atoms with Crippen LogP contribution in [0.5, 0.6) is 0 Å². The van der Waals surface area contributed by atoms with Crippen molar-refractivity contribution in [1.29, 1.82) is 0 Å². The third-order valence-corrected chi connectivity index (χ3v) is 4.22. The van der Waals surface area contributed by atoms with Gasteiger partial charge in [0.2, 0.25) is 0 Å². The minimum atomic E-state index is 0.0336. The molecule has 3 rings (SSSR count). The third kappa shape index (κ3) is 4.07. The molecule has 0 saturated carbocycles. The van der Waals surface area contributed by atoms with Gasteiger partial charge < -0.3 is 10.2 Å². The van der Waals surface area contributed by atoms with Gasteiger partial charge >= 0.3 is 0 Å². The lowest BCUT2D eigenvalue weighted by molar-refractivity contribution is 0.355. The predicted molar refractivity (Wildman–Crippen MR) is 91.3 cm³/mol. The van der Waals surface area contributed by atoms with Gasteiger partial charge in [-0.15, -0.1) is 5.10 Å². The van der Waals surface area contributed by atoms with Crippen LogP contribution in [0.25, 0.3) is 0 Å². The van der Waals surface area contributed by atoms with Crippen LogP contribution in [-0.2, 0) is 12.1 Å². The van der Waals surface area contributed by atoms with E-state index < -0.39 is 0 Å². The van der Waals surface area contributed by atoms with Gasteiger partial charge in [0.1, 0.15) is 0 Å². The van der Waals surface area contributed by atoms with Crippen molar-refractivity contribution in [2.24, 2.45) is 0 Å². The highest BCUT2D eigenvalue weighted by Gasteiger charge is 2.21. The van der Waals surface area contributed by atoms with Gasteiger partial charge in [0.25, 0.3) is 0 Å². The Balaban J connectivity index is 1.55. The van der Waals surface area contributed by atoms with Crippen LogP contribution in [-0.4, -0.2) is 39.1 Å². The van der Waals surface area contributed by atoms with Gasteiger partial charge in [0.05, 0.1) is 11.7 Å². The first-order valence-corrected chi connectivity index (χ1v) is 8.32. The lowest BCUT2D eigenvalue weighted by atomic mass is 10.1. The summed E-state index contributed by atoms with van der Waals surface area (Å²) in [6.45, 7) is 9.38. The van der Waals surface area contributed by atoms with Crippen molar-refractivity contribution in [3.8, 4) is 0 Å². The fourth-order valence-corrected chi connectivity index (χ4v) is 2.89. The zero-order valence-corrected chi connectivity index (χ0v) is 14.2. The molecule has 0 radical (unpaired) electrons. The molecule has 0 aromatic carbocycles. The zero-order chi connectivity index (χ0) is 16.3. The molecule has 1 fully saturated rings. The first-order valence-electron chi connectivity index (χ1n) is 8.32. The lowest BCUT2D eigenvalue weighted by Gasteiger charge is -2.33. The largest absolute Gasteiger partial charge is 0.354 e. The Hall–Kier alpha value is -1.95. The molecule has 3 heterocycles. The van der Waals surface area contributed by atoms with Crippen LogP contribution in [0, 0.1) is 0 Å². The van der Waals surface area contributed by atoms with Gasteiger partial charge in [0, 0.05) is 43.6 Å². The molecule has 1 N–H and O–H groups in total. The average Bonchev–Trinajstić information content (AvgIpc) is 3.03. The molecule has 0 amide bonds. The van der Waals surface area contributed by atoms with E-state index in [9.17, 15) is 0 Å². The number of hydrogen-bond acceptors (Lipinski definition) is 5. The van der Waals surface area contributed by atoms with E-state index in [0.29, 0.717) is 6.04 Å². The Labute approximate surface area is 137 Å². The molecule has 1 atom stereocenters. The first kappa shape index (κ1) is 15.9. The number of rotatable bonds is 4. The second kappa shape index (κ2) is 6.66. The van der Waals surface area contributed by atoms with Crippen LogP contribution < -0.4 is 10.2 Å². The maximum absolute atomic E-state index is 4.46. The second-order valence-corrected chi connectivity index (χ2v) is 7.21. The van der Waals surface area contributed by atoms with E-state index in [1.165, 1.54) is 18.4 Å². The SMILES string of the molecule is CC(C)(C)n1cc(CN[C@H]2CCCN(c3cccnn3)C2)cn1. The summed E-state index contributed by atoms with van der Waals surface area (Å²) in [6, 6.07) is 4.45. The van der Waals surface area contributed by atoms with E-state index in [0.717, 1.165) is 25.5 Å². The Morgan fingerprint density at radius 2 is 2.22 bits per heavy atom. The fourth-order valence-electron chi connectivity index (χ4n) is 2.89. The van der Waals surface area contributed by atoms with Crippen molar-refractivity contribution in [1.82, 2.24) is 25.3 Å². The summed E-state index contributed by atoms with van der Waals surface area (Å²) in [5.74, 6) is 0.972. The van der Waals surface area contributed by atoms with Crippen LogP contribution in [0.4, 0.5) is 5.82 Å². The van der Waals surface area contributed by atoms with E-state index in [2.05, 4.69) is 52.5 Å². The van der Waals surface area contributed by atoms with Gasteiger partial charge in [-0.05, 0) is 45.7 Å². The van der Waals surface area contributed by atoms with Crippen molar-refractivity contribution in [2.75, 3.05) is 18.0 Å². The van der Waals surface area contributed by atoms with Crippen LogP contribution >= 0.6 is 0 Å². The quantitative estimate of drug-likeness (QED) is 0.937. The van der Waals surface area contributed by atoms with Gasteiger partial charge in [-0.2, -0.15) is 10.2 Å². The highest BCUT2D eigenvalue weighted by Crippen LogP contribution is 2.17. The summed E-state index contributed by atoms with van der Waals surface area (Å²) in [4.78, 5) is 2.31. The van der Waals surface area contributed by atoms with Gasteiger partial charge in [-0.1, -0.05) is 0 Å². The molecular formula is C17H26N6. The molecule has 0 unspecified atom stereocenters. The summed E-state index contributed by atoms with van der Waals surface area (Å²) >= 11 is 0. The molecule has 0 bridgehead atoms. The second-order valence-electron chi connectivity index (χ2n) is 7.21. The van der Waals surface area contributed by atoms with Crippen LogP contribution in [0.1, 0.15) is 39.2 Å². The fraction of sp³-hybridized carbons (Fsp3) is 0.588. The Kier molecular flexibility index (Phi) is 4.61. The highest BCUT2D eigenvalue weighted by molar-refractivity contribution is 5.37. The molecule has 0 spiro atoms. The summed E-state index contributed by atoms with van der Waals surface area (Å²) < 4.78 is 2.02. The maximum Gasteiger partial charge on any atom is 0.151 e. The van der Waals surface area contributed by atoms with Gasteiger partial charge in [-0.3, -0.25) is 4.68 Å². The van der Waals surface area contributed by atoms with Crippen molar-refractivity contribution < 1.29 is 0 Å². The smallest absolute Gasteiger partial charge is 0.151 e. The minimum Gasteiger partial charge on any atom is -0.354 e. The van der Waals surface area contributed by atoms with Crippen LogP contribution in [0.3, 0.4) is 0 Å². The van der Waals surface area contributed by atoms with Gasteiger partial charge in [0.15, 0.2) is 5.82 Å².